The number of thioether (sulfide) groups is 1. The largest absolute Gasteiger partial charge is 0.319 e. The Hall–Kier alpha value is 0.180. The molecule has 124 valence electrons. The molecule has 1 saturated heterocycles. The average molecular weight is 336 g/mol. The summed E-state index contributed by atoms with van der Waals surface area (Å²) in [6.45, 7) is 2.29. The van der Waals surface area contributed by atoms with E-state index in [0.29, 0.717) is 24.3 Å². The number of hydrogen-bond acceptors (Lipinski definition) is 4. The van der Waals surface area contributed by atoms with Crippen LogP contribution in [0.25, 0.3) is 0 Å². The lowest BCUT2D eigenvalue weighted by Crippen LogP contribution is -2.50. The minimum atomic E-state index is -3.30. The van der Waals surface area contributed by atoms with Crippen LogP contribution in [0.4, 0.5) is 0 Å². The summed E-state index contributed by atoms with van der Waals surface area (Å²) < 4.78 is 29.6. The van der Waals surface area contributed by atoms with Gasteiger partial charge in [-0.3, -0.25) is 0 Å². The van der Waals surface area contributed by atoms with Gasteiger partial charge in [0.2, 0.25) is 0 Å². The van der Waals surface area contributed by atoms with Crippen molar-refractivity contribution in [2.45, 2.75) is 49.8 Å². The summed E-state index contributed by atoms with van der Waals surface area (Å²) >= 11 is 1.86. The molecule has 0 aromatic heterocycles. The van der Waals surface area contributed by atoms with E-state index in [0.717, 1.165) is 38.6 Å². The maximum atomic E-state index is 12.5. The van der Waals surface area contributed by atoms with Crippen molar-refractivity contribution in [1.82, 2.24) is 14.3 Å². The Balaban J connectivity index is 1.84. The number of hydrogen-bond donors (Lipinski definition) is 2. The minimum absolute atomic E-state index is 0.122. The molecular formula is C14H29N3O2S2. The Kier molecular flexibility index (Phi) is 6.80. The lowest BCUT2D eigenvalue weighted by atomic mass is 9.96. The molecule has 0 radical (unpaired) electrons. The molecule has 2 atom stereocenters. The molecule has 1 aliphatic heterocycles. The van der Waals surface area contributed by atoms with Gasteiger partial charge in [-0.15, -0.1) is 0 Å². The molecular weight excluding hydrogens is 306 g/mol. The lowest BCUT2D eigenvalue weighted by Gasteiger charge is -2.34. The first-order valence-corrected chi connectivity index (χ1v) is 10.7. The molecule has 1 heterocycles. The molecule has 2 fully saturated rings. The van der Waals surface area contributed by atoms with Gasteiger partial charge in [-0.25, -0.2) is 0 Å². The Morgan fingerprint density at radius 3 is 2.52 bits per heavy atom. The molecule has 1 saturated carbocycles. The molecule has 7 heteroatoms. The van der Waals surface area contributed by atoms with Crippen molar-refractivity contribution in [3.63, 3.8) is 0 Å². The second kappa shape index (κ2) is 8.15. The average Bonchev–Trinajstić information content (AvgIpc) is 2.48. The third-order valence-electron chi connectivity index (χ3n) is 4.68. The van der Waals surface area contributed by atoms with E-state index in [1.165, 1.54) is 6.42 Å². The van der Waals surface area contributed by atoms with Crippen LogP contribution >= 0.6 is 11.8 Å². The maximum absolute atomic E-state index is 12.5. The van der Waals surface area contributed by atoms with Crippen LogP contribution in [-0.2, 0) is 10.2 Å². The van der Waals surface area contributed by atoms with Gasteiger partial charge in [-0.1, -0.05) is 6.42 Å². The van der Waals surface area contributed by atoms with Gasteiger partial charge in [-0.05, 0) is 57.9 Å². The summed E-state index contributed by atoms with van der Waals surface area (Å²) in [5.74, 6) is 0.608. The zero-order chi connectivity index (χ0) is 15.3. The van der Waals surface area contributed by atoms with Crippen LogP contribution in [0.2, 0.25) is 0 Å². The third-order valence-corrected chi connectivity index (χ3v) is 7.45. The Morgan fingerprint density at radius 2 is 1.90 bits per heavy atom. The van der Waals surface area contributed by atoms with Crippen molar-refractivity contribution in [2.24, 2.45) is 5.92 Å². The normalized spacial score (nSPS) is 29.6. The van der Waals surface area contributed by atoms with E-state index in [4.69, 9.17) is 0 Å². The molecule has 0 amide bonds. The van der Waals surface area contributed by atoms with Crippen LogP contribution in [0.5, 0.6) is 0 Å². The van der Waals surface area contributed by atoms with Crippen molar-refractivity contribution < 1.29 is 8.42 Å². The highest BCUT2D eigenvalue weighted by Gasteiger charge is 2.31. The van der Waals surface area contributed by atoms with E-state index in [9.17, 15) is 8.42 Å². The van der Waals surface area contributed by atoms with Crippen LogP contribution in [0.1, 0.15) is 38.5 Å². The predicted octanol–water partition coefficient (Wildman–Crippen LogP) is 1.43. The van der Waals surface area contributed by atoms with Gasteiger partial charge in [-0.2, -0.15) is 29.2 Å². The molecule has 0 aromatic rings. The van der Waals surface area contributed by atoms with Gasteiger partial charge < -0.3 is 5.32 Å². The van der Waals surface area contributed by atoms with E-state index in [1.807, 2.05) is 18.8 Å². The zero-order valence-corrected chi connectivity index (χ0v) is 14.8. The van der Waals surface area contributed by atoms with Crippen LogP contribution in [-0.4, -0.2) is 57.0 Å². The third kappa shape index (κ3) is 5.10. The lowest BCUT2D eigenvalue weighted by molar-refractivity contribution is 0.265. The minimum Gasteiger partial charge on any atom is -0.319 e. The number of piperidine rings is 1. The molecule has 2 unspecified atom stereocenters. The molecule has 5 nitrogen and oxygen atoms in total. The van der Waals surface area contributed by atoms with Crippen LogP contribution in [0.3, 0.4) is 0 Å². The van der Waals surface area contributed by atoms with Gasteiger partial charge in [0, 0.05) is 24.4 Å². The fourth-order valence-corrected chi connectivity index (χ4v) is 5.70. The van der Waals surface area contributed by atoms with E-state index in [-0.39, 0.29) is 6.04 Å². The van der Waals surface area contributed by atoms with Crippen LogP contribution in [0.15, 0.2) is 0 Å². The summed E-state index contributed by atoms with van der Waals surface area (Å²) in [5.41, 5.74) is 0. The molecule has 0 bridgehead atoms. The monoisotopic (exact) mass is 335 g/mol. The highest BCUT2D eigenvalue weighted by molar-refractivity contribution is 7.99. The molecule has 0 aromatic carbocycles. The van der Waals surface area contributed by atoms with Gasteiger partial charge in [0.1, 0.15) is 0 Å². The fraction of sp³-hybridized carbons (Fsp3) is 1.00. The van der Waals surface area contributed by atoms with E-state index < -0.39 is 10.2 Å². The summed E-state index contributed by atoms with van der Waals surface area (Å²) in [6, 6.07) is 0.122. The predicted molar refractivity (Wildman–Crippen MR) is 89.8 cm³/mol. The first-order chi connectivity index (χ1) is 10.0. The highest BCUT2D eigenvalue weighted by atomic mass is 32.2. The Morgan fingerprint density at radius 1 is 1.19 bits per heavy atom. The highest BCUT2D eigenvalue weighted by Crippen LogP contribution is 2.28. The second-order valence-corrected chi connectivity index (χ2v) is 9.08. The van der Waals surface area contributed by atoms with E-state index in [2.05, 4.69) is 16.3 Å². The van der Waals surface area contributed by atoms with Crippen LogP contribution in [0, 0.1) is 5.92 Å². The van der Waals surface area contributed by atoms with Crippen molar-refractivity contribution in [3.8, 4) is 0 Å². The summed E-state index contributed by atoms with van der Waals surface area (Å²) in [5, 5.41) is 3.79. The van der Waals surface area contributed by atoms with E-state index >= 15 is 0 Å². The number of nitrogens with one attached hydrogen (secondary N) is 2. The van der Waals surface area contributed by atoms with Gasteiger partial charge in [0.25, 0.3) is 10.2 Å². The molecule has 21 heavy (non-hydrogen) atoms. The molecule has 2 aliphatic rings. The topological polar surface area (TPSA) is 61.4 Å². The van der Waals surface area contributed by atoms with Gasteiger partial charge in [0.15, 0.2) is 0 Å². The second-order valence-electron chi connectivity index (χ2n) is 6.24. The Labute approximate surface area is 133 Å². The molecule has 2 N–H and O–H groups in total. The van der Waals surface area contributed by atoms with Crippen molar-refractivity contribution in [2.75, 3.05) is 32.9 Å². The van der Waals surface area contributed by atoms with Gasteiger partial charge in [0.05, 0.1) is 0 Å². The summed E-state index contributed by atoms with van der Waals surface area (Å²) in [7, 11) is -1.35. The smallest absolute Gasteiger partial charge is 0.279 e. The molecule has 0 spiro atoms. The molecule has 2 rings (SSSR count). The summed E-state index contributed by atoms with van der Waals surface area (Å²) in [6.07, 6.45) is 8.33. The van der Waals surface area contributed by atoms with Crippen LogP contribution < -0.4 is 10.0 Å². The quantitative estimate of drug-likeness (QED) is 0.771. The first kappa shape index (κ1) is 17.5. The summed E-state index contributed by atoms with van der Waals surface area (Å²) in [4.78, 5) is 0. The SMILES string of the molecule is CNCC1CCN(S(=O)(=O)NC2CCCC(SC)C2)CC1. The van der Waals surface area contributed by atoms with Gasteiger partial charge >= 0.3 is 0 Å². The number of rotatable bonds is 6. The zero-order valence-electron chi connectivity index (χ0n) is 13.2. The number of nitrogens with zero attached hydrogens (tertiary/aromatic N) is 1. The molecule has 1 aliphatic carbocycles. The first-order valence-electron chi connectivity index (χ1n) is 8.00. The standard InChI is InChI=1S/C14H29N3O2S2/c1-15-11-12-6-8-17(9-7-12)21(18,19)16-13-4-3-5-14(10-13)20-2/h12-16H,3-11H2,1-2H3. The van der Waals surface area contributed by atoms with E-state index in [1.54, 1.807) is 4.31 Å². The van der Waals surface area contributed by atoms with Crippen molar-refractivity contribution >= 4 is 22.0 Å². The van der Waals surface area contributed by atoms with Crippen molar-refractivity contribution in [1.29, 1.82) is 0 Å². The Bertz CT molecular complexity index is 408. The maximum Gasteiger partial charge on any atom is 0.279 e. The van der Waals surface area contributed by atoms with Crippen molar-refractivity contribution in [3.05, 3.63) is 0 Å². The fourth-order valence-electron chi connectivity index (χ4n) is 3.39.